The molecule has 59 heavy (non-hydrogen) atoms. The van der Waals surface area contributed by atoms with Crippen molar-refractivity contribution in [3.63, 3.8) is 0 Å². The zero-order chi connectivity index (χ0) is 43.0. The molecule has 0 radical (unpaired) electrons. The SMILES string of the molecule is CCCCCC/C=C\CCCCCCCCCC(=O)OC(COC(=O)CCCCCCCCC/C=C\CCCCCCCC)COC(=O)CCCCCCCCCCC. The summed E-state index contributed by atoms with van der Waals surface area (Å²) in [6, 6.07) is 0. The zero-order valence-electron chi connectivity index (χ0n) is 39.5. The summed E-state index contributed by atoms with van der Waals surface area (Å²) in [4.78, 5) is 37.9. The van der Waals surface area contributed by atoms with Crippen molar-refractivity contribution in [1.82, 2.24) is 0 Å². The highest BCUT2D eigenvalue weighted by Crippen LogP contribution is 2.15. The number of esters is 3. The van der Waals surface area contributed by atoms with Crippen molar-refractivity contribution < 1.29 is 28.6 Å². The summed E-state index contributed by atoms with van der Waals surface area (Å²) < 4.78 is 16.8. The Hall–Kier alpha value is -2.11. The molecule has 0 saturated carbocycles. The molecular formula is C53H98O6. The third kappa shape index (κ3) is 46.8. The van der Waals surface area contributed by atoms with Gasteiger partial charge in [-0.2, -0.15) is 0 Å². The van der Waals surface area contributed by atoms with Crippen LogP contribution >= 0.6 is 0 Å². The van der Waals surface area contributed by atoms with Crippen molar-refractivity contribution in [2.45, 2.75) is 284 Å². The molecular weight excluding hydrogens is 733 g/mol. The summed E-state index contributed by atoms with van der Waals surface area (Å²) in [5.41, 5.74) is 0. The van der Waals surface area contributed by atoms with E-state index in [1.54, 1.807) is 0 Å². The molecule has 0 heterocycles. The second kappa shape index (κ2) is 48.6. The monoisotopic (exact) mass is 831 g/mol. The fourth-order valence-electron chi connectivity index (χ4n) is 7.49. The molecule has 0 fully saturated rings. The second-order valence-electron chi connectivity index (χ2n) is 17.4. The van der Waals surface area contributed by atoms with Crippen LogP contribution in [0.15, 0.2) is 24.3 Å². The molecule has 0 aliphatic carbocycles. The molecule has 6 heteroatoms. The lowest BCUT2D eigenvalue weighted by Gasteiger charge is -2.18. The van der Waals surface area contributed by atoms with E-state index in [2.05, 4.69) is 45.1 Å². The van der Waals surface area contributed by atoms with Crippen molar-refractivity contribution in [3.8, 4) is 0 Å². The van der Waals surface area contributed by atoms with E-state index in [1.165, 1.54) is 180 Å². The Kier molecular flexibility index (Phi) is 46.8. The average Bonchev–Trinajstić information content (AvgIpc) is 3.23. The Morgan fingerprint density at radius 3 is 0.864 bits per heavy atom. The fourth-order valence-corrected chi connectivity index (χ4v) is 7.49. The maximum Gasteiger partial charge on any atom is 0.306 e. The minimum atomic E-state index is -0.769. The molecule has 0 amide bonds. The van der Waals surface area contributed by atoms with Crippen molar-refractivity contribution >= 4 is 17.9 Å². The Morgan fingerprint density at radius 2 is 0.559 bits per heavy atom. The Labute approximate surface area is 366 Å². The summed E-state index contributed by atoms with van der Waals surface area (Å²) in [5, 5.41) is 0. The molecule has 0 aromatic carbocycles. The van der Waals surface area contributed by atoms with Crippen LogP contribution in [0.5, 0.6) is 0 Å². The Bertz CT molecular complexity index is 958. The van der Waals surface area contributed by atoms with Crippen LogP contribution in [0.3, 0.4) is 0 Å². The molecule has 346 valence electrons. The van der Waals surface area contributed by atoms with Gasteiger partial charge in [-0.05, 0) is 70.6 Å². The highest BCUT2D eigenvalue weighted by Gasteiger charge is 2.19. The van der Waals surface area contributed by atoms with Crippen LogP contribution in [0.1, 0.15) is 278 Å². The Morgan fingerprint density at radius 1 is 0.322 bits per heavy atom. The van der Waals surface area contributed by atoms with Crippen molar-refractivity contribution in [3.05, 3.63) is 24.3 Å². The average molecular weight is 831 g/mol. The maximum absolute atomic E-state index is 12.8. The quantitative estimate of drug-likeness (QED) is 0.0263. The lowest BCUT2D eigenvalue weighted by Crippen LogP contribution is -2.30. The van der Waals surface area contributed by atoms with Crippen LogP contribution < -0.4 is 0 Å². The number of unbranched alkanes of at least 4 members (excludes halogenated alkanes) is 32. The Balaban J connectivity index is 4.30. The third-order valence-electron chi connectivity index (χ3n) is 11.4. The van der Waals surface area contributed by atoms with Crippen LogP contribution in [0.25, 0.3) is 0 Å². The van der Waals surface area contributed by atoms with Gasteiger partial charge in [0.1, 0.15) is 13.2 Å². The summed E-state index contributed by atoms with van der Waals surface area (Å²) in [6.07, 6.45) is 54.5. The van der Waals surface area contributed by atoms with E-state index < -0.39 is 6.10 Å². The van der Waals surface area contributed by atoms with Gasteiger partial charge in [-0.3, -0.25) is 14.4 Å². The van der Waals surface area contributed by atoms with E-state index >= 15 is 0 Å². The van der Waals surface area contributed by atoms with Crippen molar-refractivity contribution in [1.29, 1.82) is 0 Å². The molecule has 0 bridgehead atoms. The topological polar surface area (TPSA) is 78.9 Å². The highest BCUT2D eigenvalue weighted by molar-refractivity contribution is 5.71. The molecule has 0 N–H and O–H groups in total. The van der Waals surface area contributed by atoms with E-state index in [1.807, 2.05) is 0 Å². The first kappa shape index (κ1) is 56.9. The number of allylic oxidation sites excluding steroid dienone is 4. The van der Waals surface area contributed by atoms with Crippen LogP contribution in [0.4, 0.5) is 0 Å². The summed E-state index contributed by atoms with van der Waals surface area (Å²) in [7, 11) is 0. The van der Waals surface area contributed by atoms with Gasteiger partial charge < -0.3 is 14.2 Å². The van der Waals surface area contributed by atoms with Gasteiger partial charge in [-0.1, -0.05) is 212 Å². The molecule has 1 unspecified atom stereocenters. The minimum absolute atomic E-state index is 0.0712. The molecule has 0 aromatic heterocycles. The van der Waals surface area contributed by atoms with Crippen LogP contribution in [0, 0.1) is 0 Å². The first-order chi connectivity index (χ1) is 29.0. The second-order valence-corrected chi connectivity index (χ2v) is 17.4. The number of rotatable bonds is 47. The van der Waals surface area contributed by atoms with Gasteiger partial charge in [0.05, 0.1) is 0 Å². The normalized spacial score (nSPS) is 12.1. The first-order valence-electron chi connectivity index (χ1n) is 25.8. The van der Waals surface area contributed by atoms with Gasteiger partial charge >= 0.3 is 17.9 Å². The number of hydrogen-bond acceptors (Lipinski definition) is 6. The number of ether oxygens (including phenoxy) is 3. The van der Waals surface area contributed by atoms with E-state index in [0.29, 0.717) is 19.3 Å². The maximum atomic E-state index is 12.8. The molecule has 0 saturated heterocycles. The zero-order valence-corrected chi connectivity index (χ0v) is 39.5. The summed E-state index contributed by atoms with van der Waals surface area (Å²) >= 11 is 0. The van der Waals surface area contributed by atoms with E-state index in [9.17, 15) is 14.4 Å². The highest BCUT2D eigenvalue weighted by atomic mass is 16.6. The molecule has 0 aliphatic rings. The molecule has 0 aromatic rings. The van der Waals surface area contributed by atoms with Gasteiger partial charge in [-0.15, -0.1) is 0 Å². The number of hydrogen-bond donors (Lipinski definition) is 0. The standard InChI is InChI=1S/C53H98O6/c1-4-7-10-13-16-19-21-23-25-26-28-29-31-34-37-40-43-46-52(55)58-49-50(48-57-51(54)45-42-39-36-33-18-15-12-9-6-3)59-53(56)47-44-41-38-35-32-30-27-24-22-20-17-14-11-8-5-2/h20,22-23,25,50H,4-19,21,24,26-49H2,1-3H3/b22-20-,25-23-. The first-order valence-corrected chi connectivity index (χ1v) is 25.8. The van der Waals surface area contributed by atoms with Gasteiger partial charge in [0.2, 0.25) is 0 Å². The van der Waals surface area contributed by atoms with E-state index in [4.69, 9.17) is 14.2 Å². The van der Waals surface area contributed by atoms with Crippen molar-refractivity contribution in [2.24, 2.45) is 0 Å². The van der Waals surface area contributed by atoms with Gasteiger partial charge in [0.25, 0.3) is 0 Å². The molecule has 0 spiro atoms. The lowest BCUT2D eigenvalue weighted by atomic mass is 10.1. The third-order valence-corrected chi connectivity index (χ3v) is 11.4. The van der Waals surface area contributed by atoms with Gasteiger partial charge in [0.15, 0.2) is 6.10 Å². The molecule has 6 nitrogen and oxygen atoms in total. The molecule has 0 rings (SSSR count). The summed E-state index contributed by atoms with van der Waals surface area (Å²) in [6.45, 7) is 6.62. The van der Waals surface area contributed by atoms with Crippen LogP contribution in [-0.2, 0) is 28.6 Å². The number of carbonyl (C=O) groups excluding carboxylic acids is 3. The van der Waals surface area contributed by atoms with E-state index in [-0.39, 0.29) is 31.1 Å². The molecule has 1 atom stereocenters. The predicted octanol–water partition coefficient (Wildman–Crippen LogP) is 16.8. The van der Waals surface area contributed by atoms with E-state index in [0.717, 1.165) is 57.8 Å². The predicted molar refractivity (Wildman–Crippen MR) is 252 cm³/mol. The largest absolute Gasteiger partial charge is 0.462 e. The van der Waals surface area contributed by atoms with Crippen LogP contribution in [-0.4, -0.2) is 37.2 Å². The lowest BCUT2D eigenvalue weighted by molar-refractivity contribution is -0.167. The number of carbonyl (C=O) groups is 3. The summed E-state index contributed by atoms with van der Waals surface area (Å²) in [5.74, 6) is -0.872. The molecule has 0 aliphatic heterocycles. The van der Waals surface area contributed by atoms with Crippen LogP contribution in [0.2, 0.25) is 0 Å². The van der Waals surface area contributed by atoms with Gasteiger partial charge in [0, 0.05) is 19.3 Å². The fraction of sp³-hybridized carbons (Fsp3) is 0.868. The minimum Gasteiger partial charge on any atom is -0.462 e. The van der Waals surface area contributed by atoms with Crippen molar-refractivity contribution in [2.75, 3.05) is 13.2 Å². The van der Waals surface area contributed by atoms with Gasteiger partial charge in [-0.25, -0.2) is 0 Å². The smallest absolute Gasteiger partial charge is 0.306 e.